The third-order valence-corrected chi connectivity index (χ3v) is 6.83. The molecule has 8 heteroatoms. The van der Waals surface area contributed by atoms with E-state index in [0.717, 1.165) is 5.56 Å². The Morgan fingerprint density at radius 3 is 2.17 bits per heavy atom. The Morgan fingerprint density at radius 1 is 1.11 bits per heavy atom. The molecule has 194 valence electrons. The molecule has 1 aromatic heterocycles. The number of esters is 1. The van der Waals surface area contributed by atoms with Gasteiger partial charge in [-0.25, -0.2) is 14.6 Å². The van der Waals surface area contributed by atoms with Gasteiger partial charge in [-0.15, -0.1) is 11.3 Å². The summed E-state index contributed by atoms with van der Waals surface area (Å²) in [6.07, 6.45) is 3.18. The number of nitrogens with zero attached hydrogens (tertiary/aromatic N) is 2. The lowest BCUT2D eigenvalue weighted by Crippen LogP contribution is -2.56. The van der Waals surface area contributed by atoms with E-state index in [2.05, 4.69) is 25.8 Å². The number of carboxylic acid groups (broad SMARTS) is 1. The Labute approximate surface area is 217 Å². The maximum atomic E-state index is 14.2. The van der Waals surface area contributed by atoms with Gasteiger partial charge in [0.15, 0.2) is 5.54 Å². The van der Waals surface area contributed by atoms with Crippen LogP contribution in [0.1, 0.15) is 88.8 Å². The van der Waals surface area contributed by atoms with Crippen LogP contribution in [0.5, 0.6) is 0 Å². The normalized spacial score (nSPS) is 20.4. The van der Waals surface area contributed by atoms with Gasteiger partial charge in [-0.05, 0) is 62.3 Å². The molecule has 0 spiro atoms. The van der Waals surface area contributed by atoms with Crippen molar-refractivity contribution in [3.05, 3.63) is 63.6 Å². The lowest BCUT2D eigenvalue weighted by Gasteiger charge is -2.41. The highest BCUT2D eigenvalue weighted by Gasteiger charge is 2.58. The van der Waals surface area contributed by atoms with Gasteiger partial charge in [0.2, 0.25) is 0 Å². The number of carbonyl (C=O) groups is 3. The first-order valence-electron chi connectivity index (χ1n) is 12.1. The van der Waals surface area contributed by atoms with Gasteiger partial charge in [0.1, 0.15) is 16.7 Å². The molecule has 7 nitrogen and oxygen atoms in total. The Bertz CT molecular complexity index is 1150. The van der Waals surface area contributed by atoms with Crippen molar-refractivity contribution in [3.8, 4) is 0 Å². The van der Waals surface area contributed by atoms with Crippen LogP contribution >= 0.6 is 11.3 Å². The minimum absolute atomic E-state index is 0.0441. The second-order valence-corrected chi connectivity index (χ2v) is 12.6. The van der Waals surface area contributed by atoms with Crippen molar-refractivity contribution >= 4 is 29.2 Å². The largest absolute Gasteiger partial charge is 0.478 e. The van der Waals surface area contributed by atoms with Crippen LogP contribution in [0.3, 0.4) is 0 Å². The van der Waals surface area contributed by atoms with Gasteiger partial charge < -0.3 is 14.7 Å². The summed E-state index contributed by atoms with van der Waals surface area (Å²) in [6.45, 7) is 15.4. The summed E-state index contributed by atoms with van der Waals surface area (Å²) in [5.74, 6) is -2.35. The molecule has 0 saturated heterocycles. The topological polar surface area (TPSA) is 96.8 Å². The number of ether oxygens (including phenoxy) is 1. The number of rotatable bonds is 6. The fourth-order valence-corrected chi connectivity index (χ4v) is 5.25. The monoisotopic (exact) mass is 512 g/mol. The van der Waals surface area contributed by atoms with Crippen molar-refractivity contribution in [2.75, 3.05) is 0 Å². The van der Waals surface area contributed by atoms with Crippen molar-refractivity contribution in [1.29, 1.82) is 0 Å². The minimum Gasteiger partial charge on any atom is -0.478 e. The van der Waals surface area contributed by atoms with Crippen LogP contribution in [0.15, 0.2) is 47.5 Å². The Morgan fingerprint density at radius 2 is 1.72 bits per heavy atom. The minimum atomic E-state index is -1.61. The zero-order chi connectivity index (χ0) is 27.1. The number of hydrogen-bond acceptors (Lipinski definition) is 6. The third-order valence-electron chi connectivity index (χ3n) is 6.00. The Balaban J connectivity index is 2.25. The van der Waals surface area contributed by atoms with Crippen LogP contribution in [0.2, 0.25) is 0 Å². The fourth-order valence-electron chi connectivity index (χ4n) is 4.50. The predicted molar refractivity (Wildman–Crippen MR) is 140 cm³/mol. The van der Waals surface area contributed by atoms with Gasteiger partial charge in [0.05, 0.1) is 5.57 Å². The van der Waals surface area contributed by atoms with E-state index in [9.17, 15) is 19.5 Å². The van der Waals surface area contributed by atoms with Gasteiger partial charge >= 0.3 is 11.9 Å². The first kappa shape index (κ1) is 27.6. The number of carbonyl (C=O) groups excluding carboxylic acids is 2. The number of amides is 1. The summed E-state index contributed by atoms with van der Waals surface area (Å²) in [5, 5.41) is 12.3. The number of hydrogen-bond donors (Lipinski definition) is 1. The van der Waals surface area contributed by atoms with Crippen molar-refractivity contribution < 1.29 is 24.2 Å². The van der Waals surface area contributed by atoms with E-state index in [1.807, 2.05) is 26.0 Å². The van der Waals surface area contributed by atoms with E-state index in [0.29, 0.717) is 10.6 Å². The number of thiazole rings is 1. The molecular weight excluding hydrogens is 476 g/mol. The molecule has 0 bridgehead atoms. The molecule has 1 aliphatic rings. The molecule has 2 atom stereocenters. The van der Waals surface area contributed by atoms with Crippen molar-refractivity contribution in [2.45, 2.75) is 84.4 Å². The summed E-state index contributed by atoms with van der Waals surface area (Å²) in [6, 6.07) is 6.23. The third kappa shape index (κ3) is 5.53. The number of aromatic nitrogens is 1. The molecule has 36 heavy (non-hydrogen) atoms. The van der Waals surface area contributed by atoms with E-state index in [-0.39, 0.29) is 23.3 Å². The van der Waals surface area contributed by atoms with Crippen LogP contribution in [-0.2, 0) is 19.7 Å². The maximum Gasteiger partial charge on any atom is 0.336 e. The van der Waals surface area contributed by atoms with Crippen molar-refractivity contribution in [2.24, 2.45) is 5.92 Å². The number of benzene rings is 1. The molecule has 0 radical (unpaired) electrons. The summed E-state index contributed by atoms with van der Waals surface area (Å²) < 4.78 is 5.81. The predicted octanol–water partition coefficient (Wildman–Crippen LogP) is 5.78. The molecule has 1 aliphatic heterocycles. The van der Waals surface area contributed by atoms with Crippen LogP contribution in [0.25, 0.3) is 0 Å². The highest BCUT2D eigenvalue weighted by molar-refractivity contribution is 7.09. The molecule has 2 heterocycles. The lowest BCUT2D eigenvalue weighted by molar-refractivity contribution is -0.166. The molecule has 1 aromatic carbocycles. The van der Waals surface area contributed by atoms with Gasteiger partial charge in [-0.1, -0.05) is 46.8 Å². The fraction of sp³-hybridized carbons (Fsp3) is 0.500. The molecule has 0 aliphatic carbocycles. The van der Waals surface area contributed by atoms with Crippen molar-refractivity contribution in [3.63, 3.8) is 0 Å². The summed E-state index contributed by atoms with van der Waals surface area (Å²) in [4.78, 5) is 46.3. The number of carboxylic acids is 1. The standard InChI is InChI=1S/C28H36N2O5S/c1-17(2)15-28(25(34)35-27(6,7)8)16-20(24(32)33)21(22-29-13-14-36-22)30(28)23(31)18-9-11-19(12-10-18)26(3,4)5/h9-14,16-17,21H,15H2,1-8H3,(H,32,33)/t21?,28-/m0/s1. The molecule has 1 N–H and O–H groups in total. The van der Waals surface area contributed by atoms with E-state index < -0.39 is 35.0 Å². The quantitative estimate of drug-likeness (QED) is 0.493. The zero-order valence-electron chi connectivity index (χ0n) is 22.3. The van der Waals surface area contributed by atoms with Gasteiger partial charge in [0, 0.05) is 17.1 Å². The zero-order valence-corrected chi connectivity index (χ0v) is 23.1. The summed E-state index contributed by atoms with van der Waals surface area (Å²) in [5.41, 5.74) is -1.18. The average Bonchev–Trinajstić information content (AvgIpc) is 3.37. The Hall–Kier alpha value is -3.00. The molecule has 0 fully saturated rings. The van der Waals surface area contributed by atoms with E-state index >= 15 is 0 Å². The second-order valence-electron chi connectivity index (χ2n) is 11.7. The summed E-state index contributed by atoms with van der Waals surface area (Å²) >= 11 is 1.25. The van der Waals surface area contributed by atoms with Gasteiger partial charge in [0.25, 0.3) is 5.91 Å². The van der Waals surface area contributed by atoms with Crippen LogP contribution in [-0.4, -0.2) is 44.0 Å². The van der Waals surface area contributed by atoms with E-state index in [4.69, 9.17) is 4.74 Å². The van der Waals surface area contributed by atoms with Crippen LogP contribution < -0.4 is 0 Å². The lowest BCUT2D eigenvalue weighted by atomic mass is 9.85. The second kappa shape index (κ2) is 9.81. The van der Waals surface area contributed by atoms with Crippen molar-refractivity contribution in [1.82, 2.24) is 9.88 Å². The smallest absolute Gasteiger partial charge is 0.336 e. The van der Waals surface area contributed by atoms with Crippen LogP contribution in [0, 0.1) is 5.92 Å². The van der Waals surface area contributed by atoms with E-state index in [1.165, 1.54) is 22.3 Å². The number of aliphatic carboxylic acids is 1. The summed E-state index contributed by atoms with van der Waals surface area (Å²) in [7, 11) is 0. The first-order valence-corrected chi connectivity index (χ1v) is 13.0. The molecular formula is C28H36N2O5S. The van der Waals surface area contributed by atoms with Gasteiger partial charge in [-0.2, -0.15) is 0 Å². The van der Waals surface area contributed by atoms with Gasteiger partial charge in [-0.3, -0.25) is 4.79 Å². The molecule has 1 amide bonds. The molecule has 2 aromatic rings. The van der Waals surface area contributed by atoms with Crippen LogP contribution in [0.4, 0.5) is 0 Å². The highest BCUT2D eigenvalue weighted by Crippen LogP contribution is 2.47. The highest BCUT2D eigenvalue weighted by atomic mass is 32.1. The SMILES string of the molecule is CC(C)C[C@@]1(C(=O)OC(C)(C)C)C=C(C(=O)O)C(c2nccs2)N1C(=O)c1ccc(C(C)(C)C)cc1. The first-order chi connectivity index (χ1) is 16.6. The Kier molecular flexibility index (Phi) is 7.51. The van der Waals surface area contributed by atoms with E-state index in [1.54, 1.807) is 44.5 Å². The molecule has 3 rings (SSSR count). The average molecular weight is 513 g/mol. The molecule has 1 unspecified atom stereocenters. The maximum absolute atomic E-state index is 14.2. The molecule has 0 saturated carbocycles.